The van der Waals surface area contributed by atoms with Crippen molar-refractivity contribution in [3.8, 4) is 5.75 Å². The minimum atomic E-state index is -0.0452. The average molecular weight is 343 g/mol. The van der Waals surface area contributed by atoms with Crippen LogP contribution in [-0.2, 0) is 0 Å². The Balaban J connectivity index is 1.88. The zero-order chi connectivity index (χ0) is 17.9. The number of methoxy groups -OCH3 is 1. The van der Waals surface area contributed by atoms with E-state index in [0.29, 0.717) is 0 Å². The highest BCUT2D eigenvalue weighted by Crippen LogP contribution is 2.35. The molecule has 0 amide bonds. The van der Waals surface area contributed by atoms with Crippen LogP contribution in [0.15, 0.2) is 72.9 Å². The summed E-state index contributed by atoms with van der Waals surface area (Å²) < 4.78 is 5.44. The number of benzene rings is 2. The van der Waals surface area contributed by atoms with Gasteiger partial charge in [0.25, 0.3) is 0 Å². The van der Waals surface area contributed by atoms with E-state index in [9.17, 15) is 0 Å². The Labute approximate surface area is 152 Å². The molecule has 4 aromatic rings. The second-order valence-corrected chi connectivity index (χ2v) is 6.28. The molecule has 0 fully saturated rings. The lowest BCUT2D eigenvalue weighted by atomic mass is 9.95. The second kappa shape index (κ2) is 6.92. The molecule has 0 aliphatic heterocycles. The van der Waals surface area contributed by atoms with Crippen LogP contribution in [0.1, 0.15) is 22.9 Å². The summed E-state index contributed by atoms with van der Waals surface area (Å²) >= 11 is 0. The molecule has 0 unspecified atom stereocenters. The summed E-state index contributed by atoms with van der Waals surface area (Å²) in [4.78, 5) is 7.95. The zero-order valence-electron chi connectivity index (χ0n) is 14.9. The highest BCUT2D eigenvalue weighted by Gasteiger charge is 2.21. The van der Waals surface area contributed by atoms with E-state index in [4.69, 9.17) is 4.74 Å². The van der Waals surface area contributed by atoms with Gasteiger partial charge in [-0.25, -0.2) is 4.98 Å². The van der Waals surface area contributed by atoms with Crippen LogP contribution < -0.4 is 10.1 Å². The first-order valence-corrected chi connectivity index (χ1v) is 8.65. The summed E-state index contributed by atoms with van der Waals surface area (Å²) in [6.45, 7) is 2.11. The number of fused-ring (bicyclic) bond motifs is 1. The summed E-state index contributed by atoms with van der Waals surface area (Å²) in [6, 6.07) is 22.4. The van der Waals surface area contributed by atoms with Crippen LogP contribution in [0.25, 0.3) is 10.9 Å². The molecule has 2 aromatic carbocycles. The van der Waals surface area contributed by atoms with Crippen molar-refractivity contribution in [2.24, 2.45) is 0 Å². The predicted molar refractivity (Wildman–Crippen MR) is 106 cm³/mol. The number of aromatic amines is 1. The fraction of sp³-hybridized carbons (Fsp3) is 0.136. The van der Waals surface area contributed by atoms with Gasteiger partial charge in [-0.2, -0.15) is 0 Å². The Morgan fingerprint density at radius 1 is 1.00 bits per heavy atom. The van der Waals surface area contributed by atoms with Crippen LogP contribution in [0.5, 0.6) is 5.75 Å². The largest absolute Gasteiger partial charge is 0.497 e. The Hall–Kier alpha value is -3.27. The molecule has 2 heterocycles. The number of ether oxygens (including phenoxy) is 1. The molecule has 2 N–H and O–H groups in total. The maximum atomic E-state index is 5.44. The van der Waals surface area contributed by atoms with Crippen molar-refractivity contribution < 1.29 is 4.74 Å². The van der Waals surface area contributed by atoms with Gasteiger partial charge in [0.05, 0.1) is 13.2 Å². The normalized spacial score (nSPS) is 12.1. The molecule has 4 heteroatoms. The number of anilines is 1. The Kier molecular flexibility index (Phi) is 4.32. The van der Waals surface area contributed by atoms with Gasteiger partial charge in [0.1, 0.15) is 11.6 Å². The quantitative estimate of drug-likeness (QED) is 0.531. The Morgan fingerprint density at radius 3 is 2.65 bits per heavy atom. The minimum Gasteiger partial charge on any atom is -0.497 e. The van der Waals surface area contributed by atoms with Crippen molar-refractivity contribution in [2.75, 3.05) is 12.4 Å². The lowest BCUT2D eigenvalue weighted by molar-refractivity contribution is 0.414. The van der Waals surface area contributed by atoms with Gasteiger partial charge in [-0.1, -0.05) is 36.4 Å². The first kappa shape index (κ1) is 16.2. The number of aromatic nitrogens is 2. The maximum Gasteiger partial charge on any atom is 0.126 e. The number of rotatable bonds is 5. The summed E-state index contributed by atoms with van der Waals surface area (Å²) in [5.74, 6) is 1.68. The monoisotopic (exact) mass is 343 g/mol. The number of H-pyrrole nitrogens is 1. The van der Waals surface area contributed by atoms with Crippen molar-refractivity contribution in [3.63, 3.8) is 0 Å². The molecule has 1 atom stereocenters. The SMILES string of the molecule is COc1cccc([C@H](Nc2ccccn2)c2c(C)[nH]c3ccccc23)c1. The summed E-state index contributed by atoms with van der Waals surface area (Å²) in [5, 5.41) is 4.80. The molecule has 0 aliphatic carbocycles. The first-order valence-electron chi connectivity index (χ1n) is 8.65. The molecular formula is C22H21N3O. The van der Waals surface area contributed by atoms with Crippen LogP contribution in [0.3, 0.4) is 0 Å². The van der Waals surface area contributed by atoms with Crippen LogP contribution in [-0.4, -0.2) is 17.1 Å². The van der Waals surface area contributed by atoms with E-state index in [-0.39, 0.29) is 6.04 Å². The number of nitrogens with zero attached hydrogens (tertiary/aromatic N) is 1. The van der Waals surface area contributed by atoms with Gasteiger partial charge in [0.15, 0.2) is 0 Å². The topological polar surface area (TPSA) is 49.9 Å². The minimum absolute atomic E-state index is 0.0452. The van der Waals surface area contributed by atoms with Crippen molar-refractivity contribution in [1.82, 2.24) is 9.97 Å². The zero-order valence-corrected chi connectivity index (χ0v) is 14.9. The first-order chi connectivity index (χ1) is 12.8. The number of hydrogen-bond acceptors (Lipinski definition) is 3. The van der Waals surface area contributed by atoms with E-state index in [2.05, 4.69) is 58.6 Å². The number of hydrogen-bond donors (Lipinski definition) is 2. The van der Waals surface area contributed by atoms with Crippen LogP contribution in [0, 0.1) is 6.92 Å². The molecule has 0 saturated heterocycles. The molecule has 0 bridgehead atoms. The van der Waals surface area contributed by atoms with Gasteiger partial charge >= 0.3 is 0 Å². The third-order valence-corrected chi connectivity index (χ3v) is 4.62. The molecular weight excluding hydrogens is 322 g/mol. The molecule has 0 saturated carbocycles. The van der Waals surface area contributed by atoms with Crippen LogP contribution >= 0.6 is 0 Å². The van der Waals surface area contributed by atoms with Crippen molar-refractivity contribution in [2.45, 2.75) is 13.0 Å². The molecule has 4 rings (SSSR count). The highest BCUT2D eigenvalue weighted by molar-refractivity contribution is 5.86. The third-order valence-electron chi connectivity index (χ3n) is 4.62. The summed E-state index contributed by atoms with van der Waals surface area (Å²) in [7, 11) is 1.69. The van der Waals surface area contributed by atoms with E-state index in [1.54, 1.807) is 13.3 Å². The smallest absolute Gasteiger partial charge is 0.126 e. The second-order valence-electron chi connectivity index (χ2n) is 6.28. The predicted octanol–water partition coefficient (Wildman–Crippen LogP) is 5.08. The van der Waals surface area contributed by atoms with E-state index in [1.165, 1.54) is 10.9 Å². The summed E-state index contributed by atoms with van der Waals surface area (Å²) in [6.07, 6.45) is 1.80. The van der Waals surface area contributed by atoms with E-state index < -0.39 is 0 Å². The average Bonchev–Trinajstić information content (AvgIpc) is 3.02. The standard InChI is InChI=1S/C22H21N3O/c1-15-21(18-10-3-4-11-19(18)24-15)22(25-20-12-5-6-13-23-20)16-8-7-9-17(14-16)26-2/h3-14,22,24H,1-2H3,(H,23,25)/t22-/m0/s1. The van der Waals surface area contributed by atoms with Crippen molar-refractivity contribution in [1.29, 1.82) is 0 Å². The highest BCUT2D eigenvalue weighted by atomic mass is 16.5. The van der Waals surface area contributed by atoms with E-state index in [0.717, 1.165) is 28.3 Å². The van der Waals surface area contributed by atoms with E-state index in [1.807, 2.05) is 30.3 Å². The maximum absolute atomic E-state index is 5.44. The fourth-order valence-corrected chi connectivity index (χ4v) is 3.41. The molecule has 0 aliphatic rings. The Bertz CT molecular complexity index is 1020. The van der Waals surface area contributed by atoms with Crippen molar-refractivity contribution in [3.05, 3.63) is 89.7 Å². The molecule has 2 aromatic heterocycles. The van der Waals surface area contributed by atoms with Crippen LogP contribution in [0.4, 0.5) is 5.82 Å². The molecule has 0 radical (unpaired) electrons. The van der Waals surface area contributed by atoms with Gasteiger partial charge in [0, 0.05) is 28.4 Å². The molecule has 0 spiro atoms. The molecule has 4 nitrogen and oxygen atoms in total. The Morgan fingerprint density at radius 2 is 1.85 bits per heavy atom. The van der Waals surface area contributed by atoms with Gasteiger partial charge in [-0.15, -0.1) is 0 Å². The van der Waals surface area contributed by atoms with Crippen LogP contribution in [0.2, 0.25) is 0 Å². The number of aryl methyl sites for hydroxylation is 1. The molecule has 130 valence electrons. The number of nitrogens with one attached hydrogen (secondary N) is 2. The lowest BCUT2D eigenvalue weighted by Crippen LogP contribution is -2.14. The summed E-state index contributed by atoms with van der Waals surface area (Å²) in [5.41, 5.74) is 4.63. The number of para-hydroxylation sites is 1. The lowest BCUT2D eigenvalue weighted by Gasteiger charge is -2.21. The third kappa shape index (κ3) is 3.02. The van der Waals surface area contributed by atoms with Gasteiger partial charge in [-0.05, 0) is 42.8 Å². The van der Waals surface area contributed by atoms with Gasteiger partial charge in [0.2, 0.25) is 0 Å². The van der Waals surface area contributed by atoms with Gasteiger partial charge in [-0.3, -0.25) is 0 Å². The van der Waals surface area contributed by atoms with Crippen molar-refractivity contribution >= 4 is 16.7 Å². The number of pyridine rings is 1. The van der Waals surface area contributed by atoms with E-state index >= 15 is 0 Å². The van der Waals surface area contributed by atoms with Gasteiger partial charge < -0.3 is 15.0 Å². The molecule has 26 heavy (non-hydrogen) atoms. The fourth-order valence-electron chi connectivity index (χ4n) is 3.41.